The van der Waals surface area contributed by atoms with Crippen molar-refractivity contribution in [2.75, 3.05) is 79.9 Å². The van der Waals surface area contributed by atoms with Crippen LogP contribution in [0.3, 0.4) is 0 Å². The maximum Gasteiger partial charge on any atom is 0.193 e. The highest BCUT2D eigenvalue weighted by atomic mass is 16.5. The number of likely N-dealkylation sites (tertiary alicyclic amines) is 1. The molecule has 2 aliphatic rings. The summed E-state index contributed by atoms with van der Waals surface area (Å²) in [6.07, 6.45) is 3.37. The summed E-state index contributed by atoms with van der Waals surface area (Å²) in [4.78, 5) is 9.40. The Kier molecular flexibility index (Phi) is 9.42. The molecule has 2 fully saturated rings. The minimum atomic E-state index is 0.640. The molecule has 0 aromatic carbocycles. The summed E-state index contributed by atoms with van der Waals surface area (Å²) in [6.45, 7) is 9.12. The third kappa shape index (κ3) is 6.55. The first-order chi connectivity index (χ1) is 11.8. The maximum atomic E-state index is 5.48. The fraction of sp³-hybridized carbons (Fsp3) is 0.941. The topological polar surface area (TPSA) is 58.6 Å². The highest BCUT2D eigenvalue weighted by Gasteiger charge is 2.30. The number of hydrogen-bond acceptors (Lipinski definition) is 5. The van der Waals surface area contributed by atoms with Crippen molar-refractivity contribution in [1.29, 1.82) is 0 Å². The number of methoxy groups -OCH3 is 1. The van der Waals surface area contributed by atoms with Crippen LogP contribution in [0.5, 0.6) is 0 Å². The number of guanidine groups is 1. The second kappa shape index (κ2) is 11.6. The van der Waals surface area contributed by atoms with Crippen molar-refractivity contribution >= 4 is 5.96 Å². The molecule has 0 aromatic heterocycles. The van der Waals surface area contributed by atoms with E-state index in [1.807, 2.05) is 7.05 Å². The Morgan fingerprint density at radius 1 is 1.17 bits per heavy atom. The van der Waals surface area contributed by atoms with Crippen molar-refractivity contribution in [3.63, 3.8) is 0 Å². The lowest BCUT2D eigenvalue weighted by atomic mass is 10.2. The zero-order chi connectivity index (χ0) is 17.0. The molecule has 2 aliphatic heterocycles. The zero-order valence-corrected chi connectivity index (χ0v) is 15.3. The molecule has 1 unspecified atom stereocenters. The van der Waals surface area contributed by atoms with Gasteiger partial charge in [0.25, 0.3) is 0 Å². The summed E-state index contributed by atoms with van der Waals surface area (Å²) in [7, 11) is 3.57. The van der Waals surface area contributed by atoms with Crippen LogP contribution in [0.1, 0.15) is 19.3 Å². The summed E-state index contributed by atoms with van der Waals surface area (Å²) in [5.41, 5.74) is 0. The van der Waals surface area contributed by atoms with E-state index in [2.05, 4.69) is 20.1 Å². The summed E-state index contributed by atoms with van der Waals surface area (Å²) >= 11 is 0. The Labute approximate surface area is 146 Å². The second-order valence-electron chi connectivity index (χ2n) is 6.32. The highest BCUT2D eigenvalue weighted by Crippen LogP contribution is 2.17. The smallest absolute Gasteiger partial charge is 0.193 e. The van der Waals surface area contributed by atoms with Crippen molar-refractivity contribution in [3.8, 4) is 0 Å². The SMILES string of the molecule is CN=C(NCCCCOCCOC)N1CCC(N2CCOCC2)C1. The Hall–Kier alpha value is -0.890. The third-order valence-corrected chi connectivity index (χ3v) is 4.67. The summed E-state index contributed by atoms with van der Waals surface area (Å²) in [6, 6.07) is 0.640. The lowest BCUT2D eigenvalue weighted by molar-refractivity contribution is 0.0195. The van der Waals surface area contributed by atoms with Gasteiger partial charge in [-0.2, -0.15) is 0 Å². The van der Waals surface area contributed by atoms with E-state index < -0.39 is 0 Å². The lowest BCUT2D eigenvalue weighted by Crippen LogP contribution is -2.46. The number of rotatable bonds is 9. The largest absolute Gasteiger partial charge is 0.382 e. The van der Waals surface area contributed by atoms with Gasteiger partial charge < -0.3 is 24.4 Å². The first kappa shape index (κ1) is 19.4. The van der Waals surface area contributed by atoms with Crippen molar-refractivity contribution in [2.45, 2.75) is 25.3 Å². The van der Waals surface area contributed by atoms with Gasteiger partial charge in [-0.05, 0) is 19.3 Å². The van der Waals surface area contributed by atoms with Crippen LogP contribution < -0.4 is 5.32 Å². The van der Waals surface area contributed by atoms with E-state index in [4.69, 9.17) is 14.2 Å². The number of morpholine rings is 1. The van der Waals surface area contributed by atoms with E-state index in [0.717, 1.165) is 71.3 Å². The van der Waals surface area contributed by atoms with Crippen molar-refractivity contribution < 1.29 is 14.2 Å². The number of nitrogens with zero attached hydrogens (tertiary/aromatic N) is 3. The molecule has 0 radical (unpaired) electrons. The van der Waals surface area contributed by atoms with Gasteiger partial charge in [0.15, 0.2) is 5.96 Å². The quantitative estimate of drug-likeness (QED) is 0.372. The Balaban J connectivity index is 1.58. The van der Waals surface area contributed by atoms with Crippen LogP contribution in [-0.2, 0) is 14.2 Å². The Bertz CT molecular complexity index is 362. The molecule has 0 saturated carbocycles. The molecular weight excluding hydrogens is 308 g/mol. The minimum Gasteiger partial charge on any atom is -0.382 e. The van der Waals surface area contributed by atoms with Gasteiger partial charge in [-0.1, -0.05) is 0 Å². The number of ether oxygens (including phenoxy) is 3. The van der Waals surface area contributed by atoms with Crippen LogP contribution in [0.15, 0.2) is 4.99 Å². The number of unbranched alkanes of at least 4 members (excludes halogenated alkanes) is 1. The number of nitrogens with one attached hydrogen (secondary N) is 1. The van der Waals surface area contributed by atoms with Gasteiger partial charge in [-0.3, -0.25) is 9.89 Å². The molecule has 0 aliphatic carbocycles. The van der Waals surface area contributed by atoms with Crippen molar-refractivity contribution in [3.05, 3.63) is 0 Å². The number of aliphatic imine (C=N–C) groups is 1. The monoisotopic (exact) mass is 342 g/mol. The molecule has 2 heterocycles. The normalized spacial score (nSPS) is 23.0. The van der Waals surface area contributed by atoms with Gasteiger partial charge in [0.2, 0.25) is 0 Å². The first-order valence-corrected chi connectivity index (χ1v) is 9.19. The molecule has 1 N–H and O–H groups in total. The van der Waals surface area contributed by atoms with E-state index in [9.17, 15) is 0 Å². The van der Waals surface area contributed by atoms with Gasteiger partial charge in [-0.15, -0.1) is 0 Å². The van der Waals surface area contributed by atoms with E-state index in [-0.39, 0.29) is 0 Å². The fourth-order valence-electron chi connectivity index (χ4n) is 3.28. The molecular formula is C17H34N4O3. The van der Waals surface area contributed by atoms with Gasteiger partial charge in [0.05, 0.1) is 26.4 Å². The zero-order valence-electron chi connectivity index (χ0n) is 15.3. The highest BCUT2D eigenvalue weighted by molar-refractivity contribution is 5.80. The van der Waals surface area contributed by atoms with E-state index >= 15 is 0 Å². The standard InChI is InChI=1S/C17H34N4O3/c1-18-17(19-6-3-4-10-23-14-13-22-2)21-7-5-16(15-21)20-8-11-24-12-9-20/h16H,3-15H2,1-2H3,(H,18,19). The lowest BCUT2D eigenvalue weighted by Gasteiger charge is -2.32. The molecule has 1 atom stereocenters. The second-order valence-corrected chi connectivity index (χ2v) is 6.32. The molecule has 0 amide bonds. The fourth-order valence-corrected chi connectivity index (χ4v) is 3.28. The van der Waals surface area contributed by atoms with Crippen molar-refractivity contribution in [2.24, 2.45) is 4.99 Å². The summed E-state index contributed by atoms with van der Waals surface area (Å²) in [5.74, 6) is 1.03. The molecule has 2 saturated heterocycles. The van der Waals surface area contributed by atoms with Gasteiger partial charge in [0.1, 0.15) is 0 Å². The molecule has 0 bridgehead atoms. The van der Waals surface area contributed by atoms with E-state index in [1.165, 1.54) is 6.42 Å². The first-order valence-electron chi connectivity index (χ1n) is 9.19. The molecule has 140 valence electrons. The maximum absolute atomic E-state index is 5.48. The van der Waals surface area contributed by atoms with Crippen LogP contribution in [0, 0.1) is 0 Å². The van der Waals surface area contributed by atoms with E-state index in [0.29, 0.717) is 19.3 Å². The molecule has 24 heavy (non-hydrogen) atoms. The molecule has 0 spiro atoms. The van der Waals surface area contributed by atoms with Gasteiger partial charge >= 0.3 is 0 Å². The van der Waals surface area contributed by atoms with Crippen LogP contribution in [0.25, 0.3) is 0 Å². The average molecular weight is 342 g/mol. The third-order valence-electron chi connectivity index (χ3n) is 4.67. The molecule has 0 aromatic rings. The average Bonchev–Trinajstić information content (AvgIpc) is 3.11. The summed E-state index contributed by atoms with van der Waals surface area (Å²) in [5, 5.41) is 3.49. The predicted octanol–water partition coefficient (Wildman–Crippen LogP) is 0.412. The molecule has 2 rings (SSSR count). The summed E-state index contributed by atoms with van der Waals surface area (Å²) < 4.78 is 15.9. The van der Waals surface area contributed by atoms with Gasteiger partial charge in [0, 0.05) is 59.5 Å². The van der Waals surface area contributed by atoms with Gasteiger partial charge in [-0.25, -0.2) is 0 Å². The van der Waals surface area contributed by atoms with Crippen molar-refractivity contribution in [1.82, 2.24) is 15.1 Å². The van der Waals surface area contributed by atoms with Crippen LogP contribution in [-0.4, -0.2) is 102 Å². The molecule has 7 heteroatoms. The Morgan fingerprint density at radius 3 is 2.75 bits per heavy atom. The van der Waals surface area contributed by atoms with Crippen LogP contribution in [0.4, 0.5) is 0 Å². The molecule has 7 nitrogen and oxygen atoms in total. The minimum absolute atomic E-state index is 0.640. The van der Waals surface area contributed by atoms with Crippen LogP contribution in [0.2, 0.25) is 0 Å². The van der Waals surface area contributed by atoms with E-state index in [1.54, 1.807) is 7.11 Å². The Morgan fingerprint density at radius 2 is 2.00 bits per heavy atom. The predicted molar refractivity (Wildman–Crippen MR) is 95.7 cm³/mol. The number of hydrogen-bond donors (Lipinski definition) is 1. The van der Waals surface area contributed by atoms with Crippen LogP contribution >= 0.6 is 0 Å².